The van der Waals surface area contributed by atoms with Gasteiger partial charge in [0.25, 0.3) is 5.91 Å². The van der Waals surface area contributed by atoms with Crippen molar-refractivity contribution in [1.29, 1.82) is 0 Å². The van der Waals surface area contributed by atoms with Crippen LogP contribution in [0.1, 0.15) is 28.5 Å². The molecule has 1 aliphatic heterocycles. The Bertz CT molecular complexity index is 703. The van der Waals surface area contributed by atoms with Gasteiger partial charge in [0.05, 0.1) is 18.7 Å². The topological polar surface area (TPSA) is 102 Å². The quantitative estimate of drug-likeness (QED) is 0.563. The molecule has 0 bridgehead atoms. The molecule has 0 unspecified atom stereocenters. The number of nitrogens with zero attached hydrogens (tertiary/aromatic N) is 3. The smallest absolute Gasteiger partial charge is 0.255 e. The SMILES string of the molecule is C#Cc1nn([C@H]2C[C@H](COC)N(C(=O)C=C)C2)c(NC)c1C(N)=O. The highest BCUT2D eigenvalue weighted by molar-refractivity contribution is 6.00. The van der Waals surface area contributed by atoms with Crippen LogP contribution in [-0.2, 0) is 9.53 Å². The van der Waals surface area contributed by atoms with Crippen molar-refractivity contribution in [2.45, 2.75) is 18.5 Å². The number of primary amides is 1. The molecule has 128 valence electrons. The first kappa shape index (κ1) is 17.6. The number of nitrogens with two attached hydrogens (primary N) is 1. The molecule has 1 aliphatic rings. The predicted octanol–water partition coefficient (Wildman–Crippen LogP) is -0.0206. The molecule has 2 atom stereocenters. The summed E-state index contributed by atoms with van der Waals surface area (Å²) in [6.45, 7) is 4.35. The molecule has 1 aromatic heterocycles. The molecule has 1 aromatic rings. The summed E-state index contributed by atoms with van der Waals surface area (Å²) in [4.78, 5) is 25.5. The van der Waals surface area contributed by atoms with E-state index < -0.39 is 5.91 Å². The van der Waals surface area contributed by atoms with Crippen LogP contribution in [0.5, 0.6) is 0 Å². The Hall–Kier alpha value is -2.79. The molecule has 2 heterocycles. The third kappa shape index (κ3) is 2.98. The fourth-order valence-electron chi connectivity index (χ4n) is 3.08. The molecular formula is C16H21N5O3. The second kappa shape index (κ2) is 7.19. The van der Waals surface area contributed by atoms with Crippen LogP contribution in [-0.4, -0.2) is 59.8 Å². The van der Waals surface area contributed by atoms with E-state index in [1.54, 1.807) is 23.7 Å². The first-order valence-electron chi connectivity index (χ1n) is 7.47. The Kier molecular flexibility index (Phi) is 5.26. The molecule has 0 aliphatic carbocycles. The number of ether oxygens (including phenoxy) is 1. The summed E-state index contributed by atoms with van der Waals surface area (Å²) in [7, 11) is 3.24. The van der Waals surface area contributed by atoms with Crippen molar-refractivity contribution in [3.8, 4) is 12.3 Å². The second-order valence-corrected chi connectivity index (χ2v) is 5.47. The number of rotatable bonds is 6. The molecule has 24 heavy (non-hydrogen) atoms. The molecule has 8 heteroatoms. The highest BCUT2D eigenvalue weighted by atomic mass is 16.5. The minimum atomic E-state index is -0.649. The van der Waals surface area contributed by atoms with Gasteiger partial charge in [-0.15, -0.1) is 6.42 Å². The first-order valence-corrected chi connectivity index (χ1v) is 7.47. The van der Waals surface area contributed by atoms with E-state index in [1.807, 2.05) is 0 Å². The van der Waals surface area contributed by atoms with Crippen LogP contribution in [0.4, 0.5) is 5.82 Å². The van der Waals surface area contributed by atoms with Gasteiger partial charge in [-0.2, -0.15) is 5.10 Å². The van der Waals surface area contributed by atoms with Crippen LogP contribution in [0, 0.1) is 12.3 Å². The number of hydrogen-bond donors (Lipinski definition) is 2. The molecule has 8 nitrogen and oxygen atoms in total. The zero-order valence-corrected chi connectivity index (χ0v) is 13.8. The van der Waals surface area contributed by atoms with Crippen molar-refractivity contribution in [2.75, 3.05) is 32.6 Å². The summed E-state index contributed by atoms with van der Waals surface area (Å²) in [6, 6.07) is -0.262. The summed E-state index contributed by atoms with van der Waals surface area (Å²) in [5.74, 6) is 2.01. The standard InChI is InChI=1S/C16H21N5O3/c1-5-12-14(15(17)23)16(18-3)21(19-12)10-7-11(9-24-4)20(8-10)13(22)6-2/h1,6,10-11,18H,2,7-9H2,3-4H3,(H2,17,23)/t10-,11+/m0/s1. The maximum absolute atomic E-state index is 12.1. The van der Waals surface area contributed by atoms with Gasteiger partial charge >= 0.3 is 0 Å². The maximum Gasteiger partial charge on any atom is 0.255 e. The van der Waals surface area contributed by atoms with E-state index in [2.05, 4.69) is 22.9 Å². The van der Waals surface area contributed by atoms with Gasteiger partial charge in [0.1, 0.15) is 17.1 Å². The van der Waals surface area contributed by atoms with Crippen LogP contribution in [0.15, 0.2) is 12.7 Å². The van der Waals surface area contributed by atoms with Gasteiger partial charge in [-0.3, -0.25) is 9.59 Å². The molecule has 0 saturated carbocycles. The number of anilines is 1. The zero-order valence-electron chi connectivity index (χ0n) is 13.8. The van der Waals surface area contributed by atoms with Gasteiger partial charge in [0, 0.05) is 20.7 Å². The average Bonchev–Trinajstić information content (AvgIpc) is 3.15. The molecule has 0 radical (unpaired) electrons. The van der Waals surface area contributed by atoms with Gasteiger partial charge in [-0.1, -0.05) is 6.58 Å². The molecule has 1 fully saturated rings. The average molecular weight is 331 g/mol. The maximum atomic E-state index is 12.1. The fourth-order valence-corrected chi connectivity index (χ4v) is 3.08. The van der Waals surface area contributed by atoms with Crippen LogP contribution >= 0.6 is 0 Å². The highest BCUT2D eigenvalue weighted by Gasteiger charge is 2.37. The first-order chi connectivity index (χ1) is 11.5. The Morgan fingerprint density at radius 2 is 2.33 bits per heavy atom. The Morgan fingerprint density at radius 1 is 1.62 bits per heavy atom. The molecular weight excluding hydrogens is 310 g/mol. The number of amides is 2. The van der Waals surface area contributed by atoms with Gasteiger partial charge in [0.15, 0.2) is 0 Å². The summed E-state index contributed by atoms with van der Waals surface area (Å²) >= 11 is 0. The largest absolute Gasteiger partial charge is 0.383 e. The van der Waals surface area contributed by atoms with E-state index in [4.69, 9.17) is 16.9 Å². The van der Waals surface area contributed by atoms with E-state index in [1.165, 1.54) is 6.08 Å². The lowest BCUT2D eigenvalue weighted by Crippen LogP contribution is -2.37. The zero-order chi connectivity index (χ0) is 17.9. The predicted molar refractivity (Wildman–Crippen MR) is 89.5 cm³/mol. The summed E-state index contributed by atoms with van der Waals surface area (Å²) in [6.07, 6.45) is 7.33. The van der Waals surface area contributed by atoms with Gasteiger partial charge in [-0.25, -0.2) is 4.68 Å². The lowest BCUT2D eigenvalue weighted by Gasteiger charge is -2.22. The lowest BCUT2D eigenvalue weighted by molar-refractivity contribution is -0.127. The van der Waals surface area contributed by atoms with Gasteiger partial charge in [-0.05, 0) is 18.4 Å². The number of terminal acetylenes is 1. The van der Waals surface area contributed by atoms with Crippen molar-refractivity contribution in [3.05, 3.63) is 23.9 Å². The molecule has 0 spiro atoms. The number of carbonyl (C=O) groups excluding carboxylic acids is 2. The van der Waals surface area contributed by atoms with E-state index in [9.17, 15) is 9.59 Å². The minimum Gasteiger partial charge on any atom is -0.383 e. The number of aromatic nitrogens is 2. The summed E-state index contributed by atoms with van der Waals surface area (Å²) in [5, 5.41) is 7.26. The number of carbonyl (C=O) groups is 2. The van der Waals surface area contributed by atoms with Gasteiger partial charge in [0.2, 0.25) is 5.91 Å². The fraction of sp³-hybridized carbons (Fsp3) is 0.438. The molecule has 1 saturated heterocycles. The third-order valence-electron chi connectivity index (χ3n) is 4.09. The van der Waals surface area contributed by atoms with Crippen molar-refractivity contribution in [1.82, 2.24) is 14.7 Å². The molecule has 0 aromatic carbocycles. The van der Waals surface area contributed by atoms with E-state index in [0.29, 0.717) is 25.4 Å². The normalized spacial score (nSPS) is 19.8. The number of likely N-dealkylation sites (tertiary alicyclic amines) is 1. The van der Waals surface area contributed by atoms with Crippen LogP contribution in [0.25, 0.3) is 0 Å². The van der Waals surface area contributed by atoms with E-state index >= 15 is 0 Å². The number of nitrogens with one attached hydrogen (secondary N) is 1. The van der Waals surface area contributed by atoms with Crippen LogP contribution in [0.3, 0.4) is 0 Å². The Labute approximate surface area is 140 Å². The monoisotopic (exact) mass is 331 g/mol. The molecule has 2 rings (SSSR count). The summed E-state index contributed by atoms with van der Waals surface area (Å²) in [5.41, 5.74) is 5.79. The van der Waals surface area contributed by atoms with E-state index in [-0.39, 0.29) is 29.2 Å². The highest BCUT2D eigenvalue weighted by Crippen LogP contribution is 2.32. The summed E-state index contributed by atoms with van der Waals surface area (Å²) < 4.78 is 6.83. The van der Waals surface area contributed by atoms with Gasteiger partial charge < -0.3 is 20.7 Å². The van der Waals surface area contributed by atoms with Crippen molar-refractivity contribution in [2.24, 2.45) is 5.73 Å². The van der Waals surface area contributed by atoms with E-state index in [0.717, 1.165) is 0 Å². The van der Waals surface area contributed by atoms with Crippen molar-refractivity contribution >= 4 is 17.6 Å². The Balaban J connectivity index is 2.42. The number of methoxy groups -OCH3 is 1. The van der Waals surface area contributed by atoms with Crippen molar-refractivity contribution < 1.29 is 14.3 Å². The van der Waals surface area contributed by atoms with Crippen LogP contribution in [0.2, 0.25) is 0 Å². The Morgan fingerprint density at radius 3 is 2.83 bits per heavy atom. The third-order valence-corrected chi connectivity index (χ3v) is 4.09. The molecule has 2 amide bonds. The lowest BCUT2D eigenvalue weighted by atomic mass is 10.1. The number of hydrogen-bond acceptors (Lipinski definition) is 5. The molecule has 3 N–H and O–H groups in total. The van der Waals surface area contributed by atoms with Crippen LogP contribution < -0.4 is 11.1 Å². The minimum absolute atomic E-state index is 0.106. The van der Waals surface area contributed by atoms with Crippen molar-refractivity contribution in [3.63, 3.8) is 0 Å². The second-order valence-electron chi connectivity index (χ2n) is 5.47.